The Labute approximate surface area is 136 Å². The van der Waals surface area contributed by atoms with Crippen molar-refractivity contribution in [2.75, 3.05) is 40.0 Å². The highest BCUT2D eigenvalue weighted by molar-refractivity contribution is 6.33. The summed E-state index contributed by atoms with van der Waals surface area (Å²) in [5.74, 6) is 0.392. The van der Waals surface area contributed by atoms with Crippen molar-refractivity contribution in [1.29, 1.82) is 0 Å². The number of nitrogens with zero attached hydrogens (tertiary/aromatic N) is 1. The minimum Gasteiger partial charge on any atom is -0.384 e. The maximum absolute atomic E-state index is 12.8. The van der Waals surface area contributed by atoms with Crippen molar-refractivity contribution in [2.24, 2.45) is 11.3 Å². The first-order valence-electron chi connectivity index (χ1n) is 7.77. The lowest BCUT2D eigenvalue weighted by Crippen LogP contribution is -2.39. The average Bonchev–Trinajstić information content (AvgIpc) is 2.87. The standard InChI is InChI=1S/C17H22ClNO3/c1-21-11-13-10-19(12-17(13)6-8-22-9-7-17)16(20)14-4-2-3-5-15(14)18/h2-5,13H,6-12H2,1H3/t13-/m1/s1. The van der Waals surface area contributed by atoms with Gasteiger partial charge >= 0.3 is 0 Å². The van der Waals surface area contributed by atoms with Gasteiger partial charge in [0.2, 0.25) is 0 Å². The Morgan fingerprint density at radius 3 is 2.82 bits per heavy atom. The minimum absolute atomic E-state index is 0.0232. The predicted octanol–water partition coefficient (Wildman–Crippen LogP) is 2.86. The molecular formula is C17H22ClNO3. The van der Waals surface area contributed by atoms with Crippen LogP contribution in [0.15, 0.2) is 24.3 Å². The van der Waals surface area contributed by atoms with Crippen molar-refractivity contribution >= 4 is 17.5 Å². The molecule has 0 radical (unpaired) electrons. The smallest absolute Gasteiger partial charge is 0.255 e. The molecule has 1 aromatic carbocycles. The lowest BCUT2D eigenvalue weighted by Gasteiger charge is -2.37. The second-order valence-corrected chi connectivity index (χ2v) is 6.70. The first kappa shape index (κ1) is 15.8. The first-order valence-corrected chi connectivity index (χ1v) is 8.14. The van der Waals surface area contributed by atoms with Gasteiger partial charge in [0, 0.05) is 39.3 Å². The number of halogens is 1. The van der Waals surface area contributed by atoms with Gasteiger partial charge in [-0.05, 0) is 30.4 Å². The van der Waals surface area contributed by atoms with E-state index < -0.39 is 0 Å². The number of ether oxygens (including phenoxy) is 2. The lowest BCUT2D eigenvalue weighted by atomic mass is 9.72. The summed E-state index contributed by atoms with van der Waals surface area (Å²) in [7, 11) is 1.73. The summed E-state index contributed by atoms with van der Waals surface area (Å²) in [4.78, 5) is 14.8. The summed E-state index contributed by atoms with van der Waals surface area (Å²) in [6.07, 6.45) is 1.99. The molecule has 3 rings (SSSR count). The normalized spacial score (nSPS) is 23.9. The van der Waals surface area contributed by atoms with Crippen LogP contribution >= 0.6 is 11.6 Å². The largest absolute Gasteiger partial charge is 0.384 e. The van der Waals surface area contributed by atoms with Gasteiger partial charge in [-0.15, -0.1) is 0 Å². The van der Waals surface area contributed by atoms with Crippen LogP contribution in [0.4, 0.5) is 0 Å². The van der Waals surface area contributed by atoms with Gasteiger partial charge in [0.15, 0.2) is 0 Å². The van der Waals surface area contributed by atoms with Gasteiger partial charge in [0.1, 0.15) is 0 Å². The Balaban J connectivity index is 1.81. The van der Waals surface area contributed by atoms with E-state index in [0.29, 0.717) is 23.1 Å². The second kappa shape index (κ2) is 6.57. The van der Waals surface area contributed by atoms with Gasteiger partial charge in [-0.2, -0.15) is 0 Å². The van der Waals surface area contributed by atoms with Gasteiger partial charge in [0.25, 0.3) is 5.91 Å². The molecule has 1 aromatic rings. The first-order chi connectivity index (χ1) is 10.7. The van der Waals surface area contributed by atoms with E-state index in [0.717, 1.165) is 39.1 Å². The number of benzene rings is 1. The van der Waals surface area contributed by atoms with Gasteiger partial charge < -0.3 is 14.4 Å². The third-order valence-electron chi connectivity index (χ3n) is 5.06. The summed E-state index contributed by atoms with van der Waals surface area (Å²) in [6.45, 7) is 3.74. The van der Waals surface area contributed by atoms with Gasteiger partial charge in [0.05, 0.1) is 17.2 Å². The van der Waals surface area contributed by atoms with Gasteiger partial charge in [-0.25, -0.2) is 0 Å². The van der Waals surface area contributed by atoms with Crippen LogP contribution in [0, 0.1) is 11.3 Å². The molecule has 0 aliphatic carbocycles. The van der Waals surface area contributed by atoms with Crippen molar-refractivity contribution in [3.05, 3.63) is 34.9 Å². The molecule has 0 aromatic heterocycles. The van der Waals surface area contributed by atoms with Crippen LogP contribution in [0.2, 0.25) is 5.02 Å². The Bertz CT molecular complexity index is 542. The topological polar surface area (TPSA) is 38.8 Å². The summed E-state index contributed by atoms with van der Waals surface area (Å²) >= 11 is 6.18. The van der Waals surface area contributed by atoms with E-state index >= 15 is 0 Å². The van der Waals surface area contributed by atoms with E-state index in [-0.39, 0.29) is 11.3 Å². The van der Waals surface area contributed by atoms with Gasteiger partial charge in [-0.3, -0.25) is 4.79 Å². The summed E-state index contributed by atoms with van der Waals surface area (Å²) in [6, 6.07) is 7.26. The molecule has 1 amide bonds. The number of likely N-dealkylation sites (tertiary alicyclic amines) is 1. The molecule has 0 bridgehead atoms. The Hall–Kier alpha value is -1.10. The highest BCUT2D eigenvalue weighted by Crippen LogP contribution is 2.44. The maximum atomic E-state index is 12.8. The maximum Gasteiger partial charge on any atom is 0.255 e. The number of hydrogen-bond donors (Lipinski definition) is 0. The third kappa shape index (κ3) is 2.87. The number of hydrogen-bond acceptors (Lipinski definition) is 3. The van der Waals surface area contributed by atoms with Crippen molar-refractivity contribution in [2.45, 2.75) is 12.8 Å². The number of methoxy groups -OCH3 is 1. The van der Waals surface area contributed by atoms with Crippen molar-refractivity contribution < 1.29 is 14.3 Å². The Morgan fingerprint density at radius 1 is 1.41 bits per heavy atom. The number of amides is 1. The van der Waals surface area contributed by atoms with Crippen molar-refractivity contribution in [3.63, 3.8) is 0 Å². The fourth-order valence-corrected chi connectivity index (χ4v) is 3.98. The minimum atomic E-state index is 0.0232. The van der Waals surface area contributed by atoms with Crippen LogP contribution in [0.1, 0.15) is 23.2 Å². The molecule has 2 aliphatic rings. The molecule has 22 heavy (non-hydrogen) atoms. The summed E-state index contributed by atoms with van der Waals surface area (Å²) < 4.78 is 10.9. The highest BCUT2D eigenvalue weighted by atomic mass is 35.5. The zero-order valence-electron chi connectivity index (χ0n) is 12.9. The fraction of sp³-hybridized carbons (Fsp3) is 0.588. The van der Waals surface area contributed by atoms with E-state index in [9.17, 15) is 4.79 Å². The summed E-state index contributed by atoms with van der Waals surface area (Å²) in [5.41, 5.74) is 0.718. The molecule has 120 valence electrons. The van der Waals surface area contributed by atoms with Crippen LogP contribution < -0.4 is 0 Å². The van der Waals surface area contributed by atoms with E-state index in [2.05, 4.69) is 0 Å². The van der Waals surface area contributed by atoms with Crippen LogP contribution in [0.25, 0.3) is 0 Å². The fourth-order valence-electron chi connectivity index (χ4n) is 3.77. The molecule has 2 heterocycles. The molecule has 5 heteroatoms. The molecule has 4 nitrogen and oxygen atoms in total. The Morgan fingerprint density at radius 2 is 2.14 bits per heavy atom. The average molecular weight is 324 g/mol. The molecule has 0 N–H and O–H groups in total. The van der Waals surface area contributed by atoms with E-state index in [1.165, 1.54) is 0 Å². The molecule has 2 aliphatic heterocycles. The number of rotatable bonds is 3. The molecule has 1 spiro atoms. The lowest BCUT2D eigenvalue weighted by molar-refractivity contribution is -0.0169. The second-order valence-electron chi connectivity index (χ2n) is 6.29. The van der Waals surface area contributed by atoms with Gasteiger partial charge in [-0.1, -0.05) is 23.7 Å². The summed E-state index contributed by atoms with van der Waals surface area (Å²) in [5, 5.41) is 0.517. The number of carbonyl (C=O) groups excluding carboxylic acids is 1. The van der Waals surface area contributed by atoms with Crippen molar-refractivity contribution in [1.82, 2.24) is 4.90 Å². The van der Waals surface area contributed by atoms with Crippen LogP contribution in [-0.2, 0) is 9.47 Å². The van der Waals surface area contributed by atoms with Crippen molar-refractivity contribution in [3.8, 4) is 0 Å². The number of carbonyl (C=O) groups is 1. The zero-order chi connectivity index (χ0) is 15.6. The Kier molecular flexibility index (Phi) is 4.71. The molecule has 0 saturated carbocycles. The zero-order valence-corrected chi connectivity index (χ0v) is 13.6. The third-order valence-corrected chi connectivity index (χ3v) is 5.39. The van der Waals surface area contributed by atoms with E-state index in [1.54, 1.807) is 19.2 Å². The van der Waals surface area contributed by atoms with E-state index in [4.69, 9.17) is 21.1 Å². The SMILES string of the molecule is COC[C@H]1CN(C(=O)c2ccccc2Cl)CC12CCOCC2. The molecule has 0 unspecified atom stereocenters. The van der Waals surface area contributed by atoms with Crippen LogP contribution in [-0.4, -0.2) is 50.8 Å². The van der Waals surface area contributed by atoms with Crippen LogP contribution in [0.5, 0.6) is 0 Å². The monoisotopic (exact) mass is 323 g/mol. The predicted molar refractivity (Wildman–Crippen MR) is 85.2 cm³/mol. The molecule has 2 fully saturated rings. The molecular weight excluding hydrogens is 302 g/mol. The van der Waals surface area contributed by atoms with E-state index in [1.807, 2.05) is 17.0 Å². The molecule has 1 atom stereocenters. The van der Waals surface area contributed by atoms with Crippen LogP contribution in [0.3, 0.4) is 0 Å². The quantitative estimate of drug-likeness (QED) is 0.858. The highest BCUT2D eigenvalue weighted by Gasteiger charge is 2.48. The molecule has 2 saturated heterocycles.